The molecule has 0 amide bonds. The molecule has 0 atom stereocenters. The topological polar surface area (TPSA) is 75.5 Å². The van der Waals surface area contributed by atoms with E-state index in [1.807, 2.05) is 13.8 Å². The zero-order chi connectivity index (χ0) is 18.7. The van der Waals surface area contributed by atoms with Crippen molar-refractivity contribution in [2.24, 2.45) is 0 Å². The molecule has 3 heterocycles. The molecule has 0 aliphatic carbocycles. The number of esters is 1. The molecular weight excluding hydrogens is 350 g/mol. The molecule has 0 unspecified atom stereocenters. The lowest BCUT2D eigenvalue weighted by molar-refractivity contribution is -0.139. The number of hydrogen-bond acceptors (Lipinski definition) is 7. The minimum atomic E-state index is -0.314. The third-order valence-corrected chi connectivity index (χ3v) is 5.67. The smallest absolute Gasteiger partial charge is 0.316 e. The lowest BCUT2D eigenvalue weighted by atomic mass is 9.89. The normalized spacial score (nSPS) is 18.3. The predicted octanol–water partition coefficient (Wildman–Crippen LogP) is 3.06. The molecule has 2 aliphatic rings. The molecule has 1 aromatic rings. The molecule has 0 N–H and O–H groups in total. The first-order valence-corrected chi connectivity index (χ1v) is 10.1. The van der Waals surface area contributed by atoms with Crippen LogP contribution < -0.4 is 4.90 Å². The second-order valence-corrected chi connectivity index (χ2v) is 8.16. The van der Waals surface area contributed by atoms with Crippen LogP contribution in [0.15, 0.2) is 5.03 Å². The third kappa shape index (κ3) is 3.97. The van der Waals surface area contributed by atoms with Crippen LogP contribution in [-0.2, 0) is 27.3 Å². The Morgan fingerprint density at radius 3 is 2.77 bits per heavy atom. The molecule has 2 aliphatic heterocycles. The van der Waals surface area contributed by atoms with E-state index in [9.17, 15) is 10.1 Å². The van der Waals surface area contributed by atoms with E-state index in [1.54, 1.807) is 6.92 Å². The molecular formula is C19H25N3O3S. The maximum atomic E-state index is 11.8. The fourth-order valence-electron chi connectivity index (χ4n) is 3.47. The SMILES string of the molecule is CCOC(=O)CSc1nc(N2CCCC2)c2c(c1C#N)CC(C)(C)OC2. The van der Waals surface area contributed by atoms with Crippen LogP contribution in [0, 0.1) is 11.3 Å². The molecule has 3 rings (SSSR count). The van der Waals surface area contributed by atoms with Gasteiger partial charge in [-0.1, -0.05) is 11.8 Å². The Morgan fingerprint density at radius 1 is 1.38 bits per heavy atom. The van der Waals surface area contributed by atoms with Crippen molar-refractivity contribution < 1.29 is 14.3 Å². The van der Waals surface area contributed by atoms with Crippen LogP contribution in [0.25, 0.3) is 0 Å². The summed E-state index contributed by atoms with van der Waals surface area (Å²) in [7, 11) is 0. The molecule has 1 fully saturated rings. The number of nitriles is 1. The van der Waals surface area contributed by atoms with Gasteiger partial charge in [0.05, 0.1) is 30.1 Å². The lowest BCUT2D eigenvalue weighted by Crippen LogP contribution is -2.34. The van der Waals surface area contributed by atoms with E-state index in [0.29, 0.717) is 30.2 Å². The standard InChI is InChI=1S/C19H25N3O3S/c1-4-24-16(23)12-26-18-14(10-20)13-9-19(2,3)25-11-15(13)17(21-18)22-7-5-6-8-22/h4-9,11-12H2,1-3H3. The Morgan fingerprint density at radius 2 is 2.12 bits per heavy atom. The number of thioether (sulfide) groups is 1. The Balaban J connectivity index is 2.01. The van der Waals surface area contributed by atoms with Gasteiger partial charge in [-0.2, -0.15) is 5.26 Å². The molecule has 140 valence electrons. The number of pyridine rings is 1. The molecule has 0 aromatic carbocycles. The number of ether oxygens (including phenoxy) is 2. The number of carbonyl (C=O) groups is 1. The number of nitrogens with zero attached hydrogens (tertiary/aromatic N) is 3. The quantitative estimate of drug-likeness (QED) is 0.578. The number of hydrogen-bond donors (Lipinski definition) is 0. The summed E-state index contributed by atoms with van der Waals surface area (Å²) in [6.07, 6.45) is 2.96. The molecule has 0 bridgehead atoms. The van der Waals surface area contributed by atoms with E-state index in [0.717, 1.165) is 42.9 Å². The van der Waals surface area contributed by atoms with Gasteiger partial charge in [-0.15, -0.1) is 0 Å². The largest absolute Gasteiger partial charge is 0.465 e. The van der Waals surface area contributed by atoms with Gasteiger partial charge >= 0.3 is 5.97 Å². The Hall–Kier alpha value is -1.78. The van der Waals surface area contributed by atoms with Gasteiger partial charge in [0.15, 0.2) is 0 Å². The van der Waals surface area contributed by atoms with Crippen LogP contribution in [-0.4, -0.2) is 42.0 Å². The molecule has 26 heavy (non-hydrogen) atoms. The summed E-state index contributed by atoms with van der Waals surface area (Å²) in [5.74, 6) is 0.791. The molecule has 7 heteroatoms. The molecule has 1 aromatic heterocycles. The Bertz CT molecular complexity index is 737. The highest BCUT2D eigenvalue weighted by Gasteiger charge is 2.33. The van der Waals surface area contributed by atoms with Crippen LogP contribution in [0.5, 0.6) is 0 Å². The van der Waals surface area contributed by atoms with Crippen molar-refractivity contribution in [3.05, 3.63) is 16.7 Å². The summed E-state index contributed by atoms with van der Waals surface area (Å²) in [6, 6.07) is 2.33. The summed E-state index contributed by atoms with van der Waals surface area (Å²) < 4.78 is 11.0. The number of aromatic nitrogens is 1. The van der Waals surface area contributed by atoms with Crippen LogP contribution in [0.3, 0.4) is 0 Å². The van der Waals surface area contributed by atoms with Crippen molar-refractivity contribution in [2.75, 3.05) is 30.3 Å². The highest BCUT2D eigenvalue weighted by Crippen LogP contribution is 2.39. The number of fused-ring (bicyclic) bond motifs is 1. The summed E-state index contributed by atoms with van der Waals surface area (Å²) in [5.41, 5.74) is 2.31. The monoisotopic (exact) mass is 375 g/mol. The van der Waals surface area contributed by atoms with Gasteiger partial charge in [0.1, 0.15) is 16.9 Å². The molecule has 1 saturated heterocycles. The van der Waals surface area contributed by atoms with Crippen molar-refractivity contribution in [3.63, 3.8) is 0 Å². The average Bonchev–Trinajstić information content (AvgIpc) is 3.12. The number of rotatable bonds is 5. The van der Waals surface area contributed by atoms with Crippen molar-refractivity contribution in [2.45, 2.75) is 57.3 Å². The van der Waals surface area contributed by atoms with Crippen molar-refractivity contribution in [3.8, 4) is 6.07 Å². The van der Waals surface area contributed by atoms with Crippen LogP contribution in [0.2, 0.25) is 0 Å². The van der Waals surface area contributed by atoms with Crippen molar-refractivity contribution >= 4 is 23.5 Å². The summed E-state index contributed by atoms with van der Waals surface area (Å²) in [5, 5.41) is 10.4. The van der Waals surface area contributed by atoms with E-state index in [2.05, 4.69) is 11.0 Å². The average molecular weight is 375 g/mol. The Kier molecular flexibility index (Phi) is 5.73. The van der Waals surface area contributed by atoms with Crippen molar-refractivity contribution in [1.82, 2.24) is 4.98 Å². The first-order valence-electron chi connectivity index (χ1n) is 9.08. The summed E-state index contributed by atoms with van der Waals surface area (Å²) >= 11 is 1.29. The van der Waals surface area contributed by atoms with E-state index in [1.165, 1.54) is 11.8 Å². The zero-order valence-corrected chi connectivity index (χ0v) is 16.4. The van der Waals surface area contributed by atoms with Gasteiger partial charge in [-0.05, 0) is 39.2 Å². The molecule has 0 radical (unpaired) electrons. The van der Waals surface area contributed by atoms with Gasteiger partial charge in [0.2, 0.25) is 0 Å². The highest BCUT2D eigenvalue weighted by molar-refractivity contribution is 7.99. The zero-order valence-electron chi connectivity index (χ0n) is 15.6. The van der Waals surface area contributed by atoms with Crippen LogP contribution >= 0.6 is 11.8 Å². The van der Waals surface area contributed by atoms with Gasteiger partial charge in [-0.25, -0.2) is 4.98 Å². The van der Waals surface area contributed by atoms with E-state index in [4.69, 9.17) is 14.5 Å². The van der Waals surface area contributed by atoms with E-state index in [-0.39, 0.29) is 17.3 Å². The fourth-order valence-corrected chi connectivity index (χ4v) is 4.27. The van der Waals surface area contributed by atoms with Gasteiger partial charge in [0, 0.05) is 25.1 Å². The minimum absolute atomic E-state index is 0.160. The van der Waals surface area contributed by atoms with Gasteiger partial charge in [0.25, 0.3) is 0 Å². The maximum absolute atomic E-state index is 11.8. The van der Waals surface area contributed by atoms with Crippen molar-refractivity contribution in [1.29, 1.82) is 5.26 Å². The van der Waals surface area contributed by atoms with Crippen LogP contribution in [0.1, 0.15) is 50.3 Å². The highest BCUT2D eigenvalue weighted by atomic mass is 32.2. The summed E-state index contributed by atoms with van der Waals surface area (Å²) in [4.78, 5) is 18.8. The number of carbonyl (C=O) groups excluding carboxylic acids is 1. The molecule has 6 nitrogen and oxygen atoms in total. The third-order valence-electron chi connectivity index (χ3n) is 4.72. The second-order valence-electron chi connectivity index (χ2n) is 7.20. The minimum Gasteiger partial charge on any atom is -0.465 e. The van der Waals surface area contributed by atoms with Gasteiger partial charge < -0.3 is 14.4 Å². The first-order chi connectivity index (χ1) is 12.4. The van der Waals surface area contributed by atoms with E-state index < -0.39 is 0 Å². The summed E-state index contributed by atoms with van der Waals surface area (Å²) in [6.45, 7) is 8.63. The predicted molar refractivity (Wildman–Crippen MR) is 100 cm³/mol. The molecule has 0 saturated carbocycles. The second kappa shape index (κ2) is 7.85. The maximum Gasteiger partial charge on any atom is 0.316 e. The molecule has 0 spiro atoms. The fraction of sp³-hybridized carbons (Fsp3) is 0.632. The van der Waals surface area contributed by atoms with Crippen LogP contribution in [0.4, 0.5) is 5.82 Å². The Labute approximate surface area is 158 Å². The van der Waals surface area contributed by atoms with E-state index >= 15 is 0 Å². The first kappa shape index (κ1) is 19.0. The number of anilines is 1. The lowest BCUT2D eigenvalue weighted by Gasteiger charge is -2.35. The van der Waals surface area contributed by atoms with Gasteiger partial charge in [-0.3, -0.25) is 4.79 Å².